The summed E-state index contributed by atoms with van der Waals surface area (Å²) in [6, 6.07) is 16.4. The number of fused-ring (bicyclic) bond motifs is 1. The van der Waals surface area contributed by atoms with Crippen molar-refractivity contribution < 1.29 is 14.3 Å². The number of thioether (sulfide) groups is 1. The van der Waals surface area contributed by atoms with Gasteiger partial charge in [-0.2, -0.15) is 0 Å². The van der Waals surface area contributed by atoms with E-state index in [-0.39, 0.29) is 18.9 Å². The molecule has 6 nitrogen and oxygen atoms in total. The molecular weight excluding hydrogens is 470 g/mol. The van der Waals surface area contributed by atoms with Crippen molar-refractivity contribution in [3.05, 3.63) is 87.4 Å². The van der Waals surface area contributed by atoms with Crippen molar-refractivity contribution in [1.29, 1.82) is 0 Å². The first-order valence-corrected chi connectivity index (χ1v) is 12.4. The Balaban J connectivity index is 1.91. The Hall–Kier alpha value is -3.03. The second-order valence-corrected chi connectivity index (χ2v) is 9.09. The van der Waals surface area contributed by atoms with E-state index in [2.05, 4.69) is 0 Å². The lowest BCUT2D eigenvalue weighted by Gasteiger charge is -2.37. The normalized spacial score (nSPS) is 17.2. The Morgan fingerprint density at radius 1 is 1.12 bits per heavy atom. The average Bonchev–Trinajstić information content (AvgIpc) is 3.25. The van der Waals surface area contributed by atoms with Crippen LogP contribution in [-0.2, 0) is 14.3 Å². The van der Waals surface area contributed by atoms with Crippen LogP contribution in [0.15, 0.2) is 76.3 Å². The quantitative estimate of drug-likeness (QED) is 0.476. The van der Waals surface area contributed by atoms with Gasteiger partial charge in [-0.25, -0.2) is 9.79 Å². The van der Waals surface area contributed by atoms with Crippen LogP contribution in [-0.4, -0.2) is 47.0 Å². The molecule has 2 aromatic rings. The molecule has 2 aliphatic heterocycles. The van der Waals surface area contributed by atoms with E-state index in [4.69, 9.17) is 21.3 Å². The molecule has 4 rings (SSSR count). The molecule has 0 saturated carbocycles. The summed E-state index contributed by atoms with van der Waals surface area (Å²) in [6.45, 7) is 4.55. The fourth-order valence-corrected chi connectivity index (χ4v) is 5.10. The van der Waals surface area contributed by atoms with Crippen LogP contribution in [0.25, 0.3) is 5.70 Å². The maximum atomic E-state index is 13.4. The van der Waals surface area contributed by atoms with Gasteiger partial charge in [-0.15, -0.1) is 0 Å². The lowest BCUT2D eigenvalue weighted by molar-refractivity contribution is -0.139. The highest BCUT2D eigenvalue weighted by atomic mass is 35.5. The monoisotopic (exact) mass is 495 g/mol. The Kier molecular flexibility index (Phi) is 7.44. The number of benzene rings is 2. The number of amides is 1. The number of hydrogen-bond donors (Lipinski definition) is 0. The van der Waals surface area contributed by atoms with Gasteiger partial charge in [-0.1, -0.05) is 71.9 Å². The van der Waals surface area contributed by atoms with Crippen LogP contribution in [0.5, 0.6) is 0 Å². The van der Waals surface area contributed by atoms with Crippen molar-refractivity contribution in [3.63, 3.8) is 0 Å². The zero-order valence-electron chi connectivity index (χ0n) is 19.3. The van der Waals surface area contributed by atoms with Crippen LogP contribution in [0.1, 0.15) is 37.4 Å². The van der Waals surface area contributed by atoms with Gasteiger partial charge in [0.25, 0.3) is 0 Å². The minimum Gasteiger partial charge on any atom is -0.463 e. The van der Waals surface area contributed by atoms with Gasteiger partial charge in [0.05, 0.1) is 30.3 Å². The zero-order valence-corrected chi connectivity index (χ0v) is 20.9. The molecule has 2 aliphatic rings. The van der Waals surface area contributed by atoms with E-state index in [1.165, 1.54) is 11.8 Å². The van der Waals surface area contributed by atoms with Crippen molar-refractivity contribution in [3.8, 4) is 0 Å². The predicted octanol–water partition coefficient (Wildman–Crippen LogP) is 5.48. The number of nitrogens with zero attached hydrogens (tertiary/aromatic N) is 3. The highest BCUT2D eigenvalue weighted by Crippen LogP contribution is 2.48. The fourth-order valence-electron chi connectivity index (χ4n) is 3.95. The van der Waals surface area contributed by atoms with Crippen molar-refractivity contribution in [2.24, 2.45) is 4.99 Å². The third kappa shape index (κ3) is 4.63. The molecule has 176 valence electrons. The molecule has 0 spiro atoms. The molecule has 2 heterocycles. The summed E-state index contributed by atoms with van der Waals surface area (Å²) in [6.07, 6.45) is 0.189. The maximum absolute atomic E-state index is 13.4. The highest BCUT2D eigenvalue weighted by molar-refractivity contribution is 8.16. The molecule has 0 aliphatic carbocycles. The summed E-state index contributed by atoms with van der Waals surface area (Å²) in [5.74, 6) is -0.466. The van der Waals surface area contributed by atoms with Crippen LogP contribution in [0.2, 0.25) is 5.02 Å². The van der Waals surface area contributed by atoms with Gasteiger partial charge < -0.3 is 14.5 Å². The largest absolute Gasteiger partial charge is 0.463 e. The minimum atomic E-state index is -0.587. The maximum Gasteiger partial charge on any atom is 0.338 e. The van der Waals surface area contributed by atoms with E-state index >= 15 is 0 Å². The van der Waals surface area contributed by atoms with Gasteiger partial charge in [-0.3, -0.25) is 4.79 Å². The molecule has 1 atom stereocenters. The van der Waals surface area contributed by atoms with Gasteiger partial charge in [-0.05, 0) is 30.9 Å². The van der Waals surface area contributed by atoms with E-state index in [0.29, 0.717) is 28.0 Å². The molecular formula is C26H26ClN3O3S. The van der Waals surface area contributed by atoms with E-state index in [9.17, 15) is 9.59 Å². The number of carbonyl (C=O) groups excluding carboxylic acids is 2. The number of rotatable bonds is 7. The van der Waals surface area contributed by atoms with Crippen molar-refractivity contribution in [2.75, 3.05) is 20.2 Å². The topological polar surface area (TPSA) is 62.2 Å². The van der Waals surface area contributed by atoms with Crippen molar-refractivity contribution in [2.45, 2.75) is 26.3 Å². The third-order valence-electron chi connectivity index (χ3n) is 5.78. The molecule has 8 heteroatoms. The molecule has 1 amide bonds. The van der Waals surface area contributed by atoms with Gasteiger partial charge in [0.2, 0.25) is 5.91 Å². The summed E-state index contributed by atoms with van der Waals surface area (Å²) >= 11 is 8.11. The smallest absolute Gasteiger partial charge is 0.338 e. The molecule has 2 aromatic carbocycles. The molecule has 0 fully saturated rings. The summed E-state index contributed by atoms with van der Waals surface area (Å²) in [4.78, 5) is 34.7. The molecule has 0 N–H and O–H groups in total. The van der Waals surface area contributed by atoms with E-state index < -0.39 is 12.0 Å². The Bertz CT molecular complexity index is 1190. The number of ether oxygens (including phenoxy) is 1. The molecule has 0 unspecified atom stereocenters. The fraction of sp³-hybridized carbons (Fsp3) is 0.269. The number of carbonyl (C=O) groups is 2. The SMILES string of the molecule is CCOC(=O)C1=C(c2ccccc2)N=C2SC=C(CC(=O)N(C)CC)N2[C@@H]1c1ccccc1Cl. The van der Waals surface area contributed by atoms with Crippen molar-refractivity contribution in [1.82, 2.24) is 9.80 Å². The molecule has 0 saturated heterocycles. The Morgan fingerprint density at radius 2 is 1.82 bits per heavy atom. The van der Waals surface area contributed by atoms with Crippen LogP contribution in [0.3, 0.4) is 0 Å². The number of esters is 1. The summed E-state index contributed by atoms with van der Waals surface area (Å²) in [5.41, 5.74) is 3.28. The molecule has 0 radical (unpaired) electrons. The van der Waals surface area contributed by atoms with E-state index in [1.54, 1.807) is 24.9 Å². The number of amidine groups is 1. The first-order valence-electron chi connectivity index (χ1n) is 11.1. The lowest BCUT2D eigenvalue weighted by atomic mass is 9.91. The van der Waals surface area contributed by atoms with Gasteiger partial charge in [0, 0.05) is 29.9 Å². The van der Waals surface area contributed by atoms with E-state index in [1.807, 2.05) is 65.8 Å². The van der Waals surface area contributed by atoms with Gasteiger partial charge in [0.15, 0.2) is 5.17 Å². The van der Waals surface area contributed by atoms with E-state index in [0.717, 1.165) is 16.8 Å². The third-order valence-corrected chi connectivity index (χ3v) is 7.02. The molecule has 0 bridgehead atoms. The standard InChI is InChI=1S/C26H26ClN3O3S/c1-4-29(3)21(31)15-18-16-34-26-28-23(17-11-7-6-8-12-17)22(25(32)33-5-2)24(30(18)26)19-13-9-10-14-20(19)27/h6-14,16,24H,4-5,15H2,1-3H3/t24-/m1/s1. The minimum absolute atomic E-state index is 0.0102. The summed E-state index contributed by atoms with van der Waals surface area (Å²) in [5, 5.41) is 3.15. The number of aliphatic imine (C=N–C) groups is 1. The van der Waals surface area contributed by atoms with Crippen LogP contribution < -0.4 is 0 Å². The van der Waals surface area contributed by atoms with Crippen molar-refractivity contribution >= 4 is 46.1 Å². The number of hydrogen-bond acceptors (Lipinski definition) is 6. The van der Waals surface area contributed by atoms with Crippen LogP contribution in [0, 0.1) is 0 Å². The first-order chi connectivity index (χ1) is 16.5. The molecule has 34 heavy (non-hydrogen) atoms. The summed E-state index contributed by atoms with van der Waals surface area (Å²) < 4.78 is 5.51. The lowest BCUT2D eigenvalue weighted by Crippen LogP contribution is -2.38. The van der Waals surface area contributed by atoms with Crippen LogP contribution in [0.4, 0.5) is 0 Å². The average molecular weight is 496 g/mol. The van der Waals surface area contributed by atoms with Crippen LogP contribution >= 0.6 is 23.4 Å². The molecule has 0 aromatic heterocycles. The number of halogens is 1. The second-order valence-electron chi connectivity index (χ2n) is 7.85. The second kappa shape index (κ2) is 10.5. The van der Waals surface area contributed by atoms with Gasteiger partial charge >= 0.3 is 5.97 Å². The summed E-state index contributed by atoms with van der Waals surface area (Å²) in [7, 11) is 1.78. The highest BCUT2D eigenvalue weighted by Gasteiger charge is 2.43. The predicted molar refractivity (Wildman–Crippen MR) is 137 cm³/mol. The van der Waals surface area contributed by atoms with Gasteiger partial charge in [0.1, 0.15) is 0 Å². The Morgan fingerprint density at radius 3 is 2.50 bits per heavy atom. The zero-order chi connectivity index (χ0) is 24.2. The Labute approximate surface area is 208 Å². The first kappa shape index (κ1) is 24.1.